The molecule has 3 heteroatoms. The molecule has 0 aromatic carbocycles. The molecule has 0 amide bonds. The van der Waals surface area contributed by atoms with Gasteiger partial charge in [0.25, 0.3) is 0 Å². The second-order valence-electron chi connectivity index (χ2n) is 4.60. The molecule has 0 radical (unpaired) electrons. The van der Waals surface area contributed by atoms with Gasteiger partial charge in [-0.3, -0.25) is 9.69 Å². The number of hydrogen-bond donors (Lipinski definition) is 1. The molecule has 1 aliphatic carbocycles. The van der Waals surface area contributed by atoms with Gasteiger partial charge in [-0.25, -0.2) is 0 Å². The third-order valence-corrected chi connectivity index (χ3v) is 3.48. The number of rotatable bonds is 3. The van der Waals surface area contributed by atoms with E-state index in [4.69, 9.17) is 5.11 Å². The summed E-state index contributed by atoms with van der Waals surface area (Å²) in [6, 6.07) is 0.450. The highest BCUT2D eigenvalue weighted by Gasteiger charge is 2.41. The zero-order chi connectivity index (χ0) is 10.2. The summed E-state index contributed by atoms with van der Waals surface area (Å²) in [5.41, 5.74) is -0.737. The van der Waals surface area contributed by atoms with Crippen LogP contribution in [-0.2, 0) is 4.79 Å². The SMILES string of the molecule is CC1CCC1N(C)C(C)(C)C(=O)O. The van der Waals surface area contributed by atoms with Gasteiger partial charge in [0.05, 0.1) is 0 Å². The normalized spacial score (nSPS) is 28.7. The maximum Gasteiger partial charge on any atom is 0.323 e. The van der Waals surface area contributed by atoms with Crippen molar-refractivity contribution in [2.24, 2.45) is 5.92 Å². The first-order valence-electron chi connectivity index (χ1n) is 4.83. The lowest BCUT2D eigenvalue weighted by molar-refractivity contribution is -0.152. The molecule has 0 bridgehead atoms. The van der Waals surface area contributed by atoms with Crippen LogP contribution in [-0.4, -0.2) is 34.6 Å². The number of carboxylic acid groups (broad SMARTS) is 1. The minimum absolute atomic E-state index is 0.450. The molecule has 2 atom stereocenters. The molecule has 0 spiro atoms. The quantitative estimate of drug-likeness (QED) is 0.725. The first kappa shape index (κ1) is 10.5. The fraction of sp³-hybridized carbons (Fsp3) is 0.900. The van der Waals surface area contributed by atoms with Crippen molar-refractivity contribution in [3.05, 3.63) is 0 Å². The van der Waals surface area contributed by atoms with E-state index in [-0.39, 0.29) is 0 Å². The van der Waals surface area contributed by atoms with Crippen molar-refractivity contribution in [3.8, 4) is 0 Å². The van der Waals surface area contributed by atoms with Gasteiger partial charge >= 0.3 is 5.97 Å². The highest BCUT2D eigenvalue weighted by atomic mass is 16.4. The third kappa shape index (κ3) is 1.70. The Balaban J connectivity index is 2.65. The summed E-state index contributed by atoms with van der Waals surface area (Å²) in [7, 11) is 1.91. The molecule has 1 aliphatic rings. The molecular weight excluding hydrogens is 166 g/mol. The molecule has 13 heavy (non-hydrogen) atoms. The molecular formula is C10H19NO2. The average Bonchev–Trinajstić information content (AvgIpc) is 2.01. The lowest BCUT2D eigenvalue weighted by Gasteiger charge is -2.46. The van der Waals surface area contributed by atoms with Gasteiger partial charge in [0.1, 0.15) is 5.54 Å². The Kier molecular flexibility index (Phi) is 2.66. The number of carbonyl (C=O) groups is 1. The summed E-state index contributed by atoms with van der Waals surface area (Å²) in [6.45, 7) is 5.71. The Labute approximate surface area is 79.7 Å². The van der Waals surface area contributed by atoms with Crippen LogP contribution >= 0.6 is 0 Å². The van der Waals surface area contributed by atoms with Crippen molar-refractivity contribution in [3.63, 3.8) is 0 Å². The van der Waals surface area contributed by atoms with Gasteiger partial charge in [-0.15, -0.1) is 0 Å². The summed E-state index contributed by atoms with van der Waals surface area (Å²) in [6.07, 6.45) is 2.36. The van der Waals surface area contributed by atoms with Crippen LogP contribution in [0.1, 0.15) is 33.6 Å². The lowest BCUT2D eigenvalue weighted by Crippen LogP contribution is -2.57. The predicted octanol–water partition coefficient (Wildman–Crippen LogP) is 1.58. The molecule has 1 rings (SSSR count). The third-order valence-electron chi connectivity index (χ3n) is 3.48. The zero-order valence-corrected chi connectivity index (χ0v) is 8.87. The number of likely N-dealkylation sites (N-methyl/N-ethyl adjacent to an activating group) is 1. The monoisotopic (exact) mass is 185 g/mol. The fourth-order valence-electron chi connectivity index (χ4n) is 1.79. The van der Waals surface area contributed by atoms with E-state index in [0.717, 1.165) is 6.42 Å². The van der Waals surface area contributed by atoms with E-state index in [1.165, 1.54) is 6.42 Å². The zero-order valence-electron chi connectivity index (χ0n) is 8.87. The van der Waals surface area contributed by atoms with Gasteiger partial charge < -0.3 is 5.11 Å². The molecule has 1 N–H and O–H groups in total. The molecule has 0 saturated heterocycles. The molecule has 0 aromatic rings. The van der Waals surface area contributed by atoms with E-state index in [1.807, 2.05) is 11.9 Å². The maximum absolute atomic E-state index is 11.0. The van der Waals surface area contributed by atoms with Gasteiger partial charge in [0.2, 0.25) is 0 Å². The minimum Gasteiger partial charge on any atom is -0.480 e. The predicted molar refractivity (Wildman–Crippen MR) is 51.7 cm³/mol. The molecule has 3 nitrogen and oxygen atoms in total. The summed E-state index contributed by atoms with van der Waals surface area (Å²) in [5.74, 6) is -0.0993. The van der Waals surface area contributed by atoms with Crippen molar-refractivity contribution in [1.29, 1.82) is 0 Å². The van der Waals surface area contributed by atoms with E-state index in [1.54, 1.807) is 13.8 Å². The topological polar surface area (TPSA) is 40.5 Å². The molecule has 0 aliphatic heterocycles. The summed E-state index contributed by atoms with van der Waals surface area (Å²) >= 11 is 0. The lowest BCUT2D eigenvalue weighted by atomic mass is 9.78. The van der Waals surface area contributed by atoms with E-state index in [0.29, 0.717) is 12.0 Å². The van der Waals surface area contributed by atoms with Gasteiger partial charge in [0.15, 0.2) is 0 Å². The second-order valence-corrected chi connectivity index (χ2v) is 4.60. The average molecular weight is 185 g/mol. The Morgan fingerprint density at radius 3 is 2.23 bits per heavy atom. The van der Waals surface area contributed by atoms with Gasteiger partial charge in [0, 0.05) is 6.04 Å². The Bertz CT molecular complexity index is 213. The molecule has 1 saturated carbocycles. The van der Waals surface area contributed by atoms with Crippen LogP contribution in [0.15, 0.2) is 0 Å². The highest BCUT2D eigenvalue weighted by Crippen LogP contribution is 2.34. The van der Waals surface area contributed by atoms with Crippen molar-refractivity contribution >= 4 is 5.97 Å². The summed E-state index contributed by atoms with van der Waals surface area (Å²) in [4.78, 5) is 13.0. The number of nitrogens with zero attached hydrogens (tertiary/aromatic N) is 1. The Morgan fingerprint density at radius 1 is 1.46 bits per heavy atom. The van der Waals surface area contributed by atoms with Gasteiger partial charge in [-0.2, -0.15) is 0 Å². The number of hydrogen-bond acceptors (Lipinski definition) is 2. The molecule has 0 aromatic heterocycles. The first-order valence-corrected chi connectivity index (χ1v) is 4.83. The van der Waals surface area contributed by atoms with E-state index in [2.05, 4.69) is 6.92 Å². The number of aliphatic carboxylic acids is 1. The molecule has 0 heterocycles. The Hall–Kier alpha value is -0.570. The molecule has 1 fully saturated rings. The van der Waals surface area contributed by atoms with E-state index >= 15 is 0 Å². The fourth-order valence-corrected chi connectivity index (χ4v) is 1.79. The summed E-state index contributed by atoms with van der Waals surface area (Å²) in [5, 5.41) is 9.02. The standard InChI is InChI=1S/C10H19NO2/c1-7-5-6-8(7)11(4)10(2,3)9(12)13/h7-8H,5-6H2,1-4H3,(H,12,13). The maximum atomic E-state index is 11.0. The second kappa shape index (κ2) is 3.29. The van der Waals surface area contributed by atoms with Crippen LogP contribution in [0.2, 0.25) is 0 Å². The van der Waals surface area contributed by atoms with Crippen LogP contribution in [0.3, 0.4) is 0 Å². The van der Waals surface area contributed by atoms with Gasteiger partial charge in [-0.1, -0.05) is 6.92 Å². The first-order chi connectivity index (χ1) is 5.87. The van der Waals surface area contributed by atoms with Crippen LogP contribution in [0.25, 0.3) is 0 Å². The van der Waals surface area contributed by atoms with Crippen molar-refractivity contribution in [2.45, 2.75) is 45.2 Å². The largest absolute Gasteiger partial charge is 0.480 e. The summed E-state index contributed by atoms with van der Waals surface area (Å²) < 4.78 is 0. The van der Waals surface area contributed by atoms with Crippen molar-refractivity contribution in [2.75, 3.05) is 7.05 Å². The Morgan fingerprint density at radius 2 is 2.00 bits per heavy atom. The van der Waals surface area contributed by atoms with Crippen molar-refractivity contribution < 1.29 is 9.90 Å². The minimum atomic E-state index is -0.742. The van der Waals surface area contributed by atoms with Crippen LogP contribution in [0, 0.1) is 5.92 Å². The van der Waals surface area contributed by atoms with Crippen molar-refractivity contribution in [1.82, 2.24) is 4.90 Å². The van der Waals surface area contributed by atoms with E-state index < -0.39 is 11.5 Å². The molecule has 76 valence electrons. The van der Waals surface area contributed by atoms with Crippen LogP contribution in [0.5, 0.6) is 0 Å². The highest BCUT2D eigenvalue weighted by molar-refractivity contribution is 5.77. The van der Waals surface area contributed by atoms with Crippen LogP contribution in [0.4, 0.5) is 0 Å². The van der Waals surface area contributed by atoms with Gasteiger partial charge in [-0.05, 0) is 39.7 Å². The van der Waals surface area contributed by atoms with Crippen LogP contribution < -0.4 is 0 Å². The smallest absolute Gasteiger partial charge is 0.323 e. The number of carboxylic acids is 1. The molecule has 2 unspecified atom stereocenters. The van der Waals surface area contributed by atoms with E-state index in [9.17, 15) is 4.79 Å².